The zero-order valence-corrected chi connectivity index (χ0v) is 16.4. The monoisotopic (exact) mass is 360 g/mol. The summed E-state index contributed by atoms with van der Waals surface area (Å²) in [5, 5.41) is 5.46. The first-order chi connectivity index (χ1) is 13.8. The van der Waals surface area contributed by atoms with E-state index in [0.717, 1.165) is 6.42 Å². The van der Waals surface area contributed by atoms with Crippen molar-refractivity contribution in [2.24, 2.45) is 0 Å². The summed E-state index contributed by atoms with van der Waals surface area (Å²) in [7, 11) is 0. The Morgan fingerprint density at radius 2 is 1.36 bits per heavy atom. The Morgan fingerprint density at radius 1 is 0.714 bits per heavy atom. The number of allylic oxidation sites excluding steroid dienone is 1. The van der Waals surface area contributed by atoms with Gasteiger partial charge in [0.15, 0.2) is 0 Å². The minimum absolute atomic E-state index is 1.11. The third-order valence-electron chi connectivity index (χ3n) is 6.68. The maximum Gasteiger partial charge on any atom is -0.00238 e. The van der Waals surface area contributed by atoms with Gasteiger partial charge in [-0.3, -0.25) is 0 Å². The van der Waals surface area contributed by atoms with Crippen LogP contribution in [0.4, 0.5) is 0 Å². The highest BCUT2D eigenvalue weighted by molar-refractivity contribution is 6.13. The van der Waals surface area contributed by atoms with Crippen LogP contribution in [0, 0.1) is 0 Å². The van der Waals surface area contributed by atoms with Crippen molar-refractivity contribution in [3.8, 4) is 11.1 Å². The third-order valence-corrected chi connectivity index (χ3v) is 6.68. The largest absolute Gasteiger partial charge is 0.0683 e. The summed E-state index contributed by atoms with van der Waals surface area (Å²) in [5.74, 6) is 0. The van der Waals surface area contributed by atoms with Gasteiger partial charge in [-0.2, -0.15) is 0 Å². The zero-order chi connectivity index (χ0) is 18.7. The fourth-order valence-corrected chi connectivity index (χ4v) is 5.48. The Bertz CT molecular complexity index is 1230. The molecule has 136 valence electrons. The van der Waals surface area contributed by atoms with Crippen LogP contribution in [-0.2, 0) is 19.3 Å². The molecule has 0 nitrogen and oxygen atoms in total. The van der Waals surface area contributed by atoms with E-state index in [1.54, 1.807) is 16.7 Å². The first-order valence-electron chi connectivity index (χ1n) is 10.6. The highest BCUT2D eigenvalue weighted by Crippen LogP contribution is 2.44. The van der Waals surface area contributed by atoms with E-state index >= 15 is 0 Å². The molecule has 0 aromatic heterocycles. The van der Waals surface area contributed by atoms with Crippen LogP contribution in [0.5, 0.6) is 0 Å². The van der Waals surface area contributed by atoms with Gasteiger partial charge in [-0.25, -0.2) is 0 Å². The van der Waals surface area contributed by atoms with Gasteiger partial charge in [0.2, 0.25) is 0 Å². The Hall–Kier alpha value is -2.86. The van der Waals surface area contributed by atoms with Gasteiger partial charge in [0.05, 0.1) is 0 Å². The van der Waals surface area contributed by atoms with Crippen molar-refractivity contribution in [1.29, 1.82) is 0 Å². The van der Waals surface area contributed by atoms with Crippen molar-refractivity contribution in [1.82, 2.24) is 0 Å². The Morgan fingerprint density at radius 3 is 2.07 bits per heavy atom. The van der Waals surface area contributed by atoms with E-state index in [0.29, 0.717) is 0 Å². The van der Waals surface area contributed by atoms with Crippen LogP contribution in [0.1, 0.15) is 42.0 Å². The predicted molar refractivity (Wildman–Crippen MR) is 121 cm³/mol. The predicted octanol–water partition coefficient (Wildman–Crippen LogP) is 7.50. The lowest BCUT2D eigenvalue weighted by Crippen LogP contribution is -2.08. The van der Waals surface area contributed by atoms with Crippen LogP contribution in [0.3, 0.4) is 0 Å². The van der Waals surface area contributed by atoms with Gasteiger partial charge in [-0.05, 0) is 106 Å². The second-order valence-corrected chi connectivity index (χ2v) is 8.52. The fraction of sp³-hybridized carbons (Fsp3) is 0.214. The standard InChI is InChI=1S/C28H24/c1-18-14-21-17-27(25-13-7-6-12-24(25)26(21)15-18)28-22-10-4-2-8-19(22)16-20-9-3-5-11-23(20)28/h2-5,8-11,15-17H,6-7,12-14H2,1H3. The molecule has 0 spiro atoms. The van der Waals surface area contributed by atoms with Crippen LogP contribution in [0.2, 0.25) is 0 Å². The molecule has 0 atom stereocenters. The summed E-state index contributed by atoms with van der Waals surface area (Å²) < 4.78 is 0. The van der Waals surface area contributed by atoms with Gasteiger partial charge in [-0.1, -0.05) is 60.2 Å². The molecule has 0 amide bonds. The number of benzene rings is 4. The average molecular weight is 361 g/mol. The van der Waals surface area contributed by atoms with Crippen LogP contribution in [0.25, 0.3) is 38.7 Å². The van der Waals surface area contributed by atoms with Crippen molar-refractivity contribution in [2.75, 3.05) is 0 Å². The van der Waals surface area contributed by atoms with E-state index in [2.05, 4.69) is 73.7 Å². The normalized spacial score (nSPS) is 15.5. The molecule has 4 aromatic rings. The molecule has 4 aromatic carbocycles. The summed E-state index contributed by atoms with van der Waals surface area (Å²) in [6.45, 7) is 2.28. The van der Waals surface area contributed by atoms with E-state index in [4.69, 9.17) is 0 Å². The van der Waals surface area contributed by atoms with E-state index in [9.17, 15) is 0 Å². The molecule has 2 aliphatic rings. The number of hydrogen-bond donors (Lipinski definition) is 0. The highest BCUT2D eigenvalue weighted by Gasteiger charge is 2.24. The summed E-state index contributed by atoms with van der Waals surface area (Å²) >= 11 is 0. The van der Waals surface area contributed by atoms with Crippen molar-refractivity contribution >= 4 is 27.6 Å². The van der Waals surface area contributed by atoms with Crippen molar-refractivity contribution in [3.05, 3.63) is 88.5 Å². The molecule has 0 N–H and O–H groups in total. The molecule has 0 bridgehead atoms. The molecule has 0 fully saturated rings. The van der Waals surface area contributed by atoms with Crippen LogP contribution >= 0.6 is 0 Å². The number of fused-ring (bicyclic) bond motifs is 5. The van der Waals surface area contributed by atoms with Crippen molar-refractivity contribution in [2.45, 2.75) is 39.0 Å². The van der Waals surface area contributed by atoms with Gasteiger partial charge in [0.25, 0.3) is 0 Å². The Labute approximate surface area is 166 Å². The molecule has 28 heavy (non-hydrogen) atoms. The molecular formula is C28H24. The average Bonchev–Trinajstić information content (AvgIpc) is 3.12. The maximum absolute atomic E-state index is 2.53. The molecule has 0 saturated carbocycles. The van der Waals surface area contributed by atoms with Crippen LogP contribution in [-0.4, -0.2) is 0 Å². The van der Waals surface area contributed by atoms with E-state index in [-0.39, 0.29) is 0 Å². The number of rotatable bonds is 1. The van der Waals surface area contributed by atoms with Gasteiger partial charge < -0.3 is 0 Å². The van der Waals surface area contributed by atoms with Crippen molar-refractivity contribution < 1.29 is 0 Å². The lowest BCUT2D eigenvalue weighted by Gasteiger charge is -2.24. The molecular weight excluding hydrogens is 336 g/mol. The van der Waals surface area contributed by atoms with Crippen LogP contribution in [0.15, 0.2) is 66.2 Å². The van der Waals surface area contributed by atoms with E-state index in [1.165, 1.54) is 69.5 Å². The van der Waals surface area contributed by atoms with Crippen LogP contribution < -0.4 is 0 Å². The smallest absolute Gasteiger partial charge is 0.00238 e. The Balaban J connectivity index is 1.77. The van der Waals surface area contributed by atoms with Gasteiger partial charge in [0.1, 0.15) is 0 Å². The van der Waals surface area contributed by atoms with E-state index in [1.807, 2.05) is 0 Å². The highest BCUT2D eigenvalue weighted by atomic mass is 14.3. The summed E-state index contributed by atoms with van der Waals surface area (Å²) in [5.41, 5.74) is 10.8. The zero-order valence-electron chi connectivity index (χ0n) is 16.4. The Kier molecular flexibility index (Phi) is 3.50. The van der Waals surface area contributed by atoms with Crippen molar-refractivity contribution in [3.63, 3.8) is 0 Å². The molecule has 0 saturated heterocycles. The number of hydrogen-bond acceptors (Lipinski definition) is 0. The summed E-state index contributed by atoms with van der Waals surface area (Å²) in [4.78, 5) is 0. The second kappa shape index (κ2) is 6.07. The molecule has 0 heteroatoms. The van der Waals surface area contributed by atoms with Gasteiger partial charge in [-0.15, -0.1) is 0 Å². The lowest BCUT2D eigenvalue weighted by atomic mass is 9.80. The molecule has 0 heterocycles. The third kappa shape index (κ3) is 2.31. The quantitative estimate of drug-likeness (QED) is 0.308. The SMILES string of the molecule is CC1=Cc2c(cc(-c3c4ccccc4cc4ccccc34)c3c2CCCC3)C1. The molecule has 0 radical (unpaired) electrons. The maximum atomic E-state index is 2.53. The minimum atomic E-state index is 1.11. The molecule has 0 unspecified atom stereocenters. The molecule has 2 aliphatic carbocycles. The second-order valence-electron chi connectivity index (χ2n) is 8.52. The van der Waals surface area contributed by atoms with Gasteiger partial charge >= 0.3 is 0 Å². The minimum Gasteiger partial charge on any atom is -0.0683 e. The van der Waals surface area contributed by atoms with Gasteiger partial charge in [0, 0.05) is 0 Å². The topological polar surface area (TPSA) is 0 Å². The summed E-state index contributed by atoms with van der Waals surface area (Å²) in [6.07, 6.45) is 8.64. The first-order valence-corrected chi connectivity index (χ1v) is 10.6. The first kappa shape index (κ1) is 16.1. The fourth-order valence-electron chi connectivity index (χ4n) is 5.48. The molecule has 6 rings (SSSR count). The molecule has 0 aliphatic heterocycles. The van der Waals surface area contributed by atoms with E-state index < -0.39 is 0 Å². The lowest BCUT2D eigenvalue weighted by molar-refractivity contribution is 0.685. The summed E-state index contributed by atoms with van der Waals surface area (Å²) in [6, 6.07) is 22.7.